The van der Waals surface area contributed by atoms with Gasteiger partial charge in [-0.2, -0.15) is 0 Å². The molecular weight excluding hydrogens is 585 g/mol. The lowest BCUT2D eigenvalue weighted by atomic mass is 10.4. The molecule has 0 radical (unpaired) electrons. The molecule has 0 saturated carbocycles. The van der Waals surface area contributed by atoms with Crippen molar-refractivity contribution in [1.29, 1.82) is 0 Å². The van der Waals surface area contributed by atoms with Crippen molar-refractivity contribution in [3.63, 3.8) is 0 Å². The van der Waals surface area contributed by atoms with Gasteiger partial charge in [-0.25, -0.2) is 0 Å². The van der Waals surface area contributed by atoms with Gasteiger partial charge < -0.3 is 14.7 Å². The van der Waals surface area contributed by atoms with Crippen LogP contribution in [-0.4, -0.2) is 84.8 Å². The van der Waals surface area contributed by atoms with Crippen molar-refractivity contribution in [2.45, 2.75) is 0 Å². The van der Waals surface area contributed by atoms with Crippen molar-refractivity contribution in [3.05, 3.63) is 0 Å². The van der Waals surface area contributed by atoms with Crippen molar-refractivity contribution < 1.29 is 0 Å². The SMILES string of the molecule is S=C(S)N(CCN(CCN(C(=S)S)C(=S)S)CCN(C(=S)S)C(=S)S)C(=S)S. The van der Waals surface area contributed by atoms with Crippen molar-refractivity contribution in [2.75, 3.05) is 39.3 Å². The molecule has 0 aliphatic heterocycles. The first-order valence-electron chi connectivity index (χ1n) is 7.31. The molecule has 0 aromatic carbocycles. The Morgan fingerprint density at radius 3 is 0.714 bits per heavy atom. The Balaban J connectivity index is 5.18. The van der Waals surface area contributed by atoms with Crippen LogP contribution in [0, 0.1) is 0 Å². The summed E-state index contributed by atoms with van der Waals surface area (Å²) in [4.78, 5) is 7.09. The van der Waals surface area contributed by atoms with Gasteiger partial charge in [0.1, 0.15) is 25.9 Å². The van der Waals surface area contributed by atoms with Crippen molar-refractivity contribution in [3.8, 4) is 0 Å². The van der Waals surface area contributed by atoms with Gasteiger partial charge in [0.15, 0.2) is 0 Å². The monoisotopic (exact) mass is 602 g/mol. The van der Waals surface area contributed by atoms with Gasteiger partial charge in [-0.3, -0.25) is 4.90 Å². The minimum absolute atomic E-state index is 0.351. The van der Waals surface area contributed by atoms with E-state index < -0.39 is 0 Å². The fourth-order valence-corrected chi connectivity index (χ4v) is 4.99. The molecule has 0 unspecified atom stereocenters. The minimum atomic E-state index is 0.351. The third-order valence-corrected chi connectivity index (χ3v) is 6.08. The van der Waals surface area contributed by atoms with E-state index in [9.17, 15) is 0 Å². The van der Waals surface area contributed by atoms with Crippen molar-refractivity contribution in [1.82, 2.24) is 19.6 Å². The second-order valence-corrected chi connectivity index (χ2v) is 11.7. The second kappa shape index (κ2) is 15.7. The van der Waals surface area contributed by atoms with E-state index in [4.69, 9.17) is 73.3 Å². The average molecular weight is 603 g/mol. The average Bonchev–Trinajstić information content (AvgIpc) is 2.52. The summed E-state index contributed by atoms with van der Waals surface area (Å²) in [5.74, 6) is 0. The van der Waals surface area contributed by atoms with E-state index in [0.717, 1.165) is 0 Å². The highest BCUT2D eigenvalue weighted by Crippen LogP contribution is 2.08. The smallest absolute Gasteiger partial charge is 0.138 e. The predicted octanol–water partition coefficient (Wildman–Crippen LogP) is 3.48. The summed E-state index contributed by atoms with van der Waals surface area (Å²) in [7, 11) is 0. The van der Waals surface area contributed by atoms with Crippen LogP contribution in [0.25, 0.3) is 0 Å². The summed E-state index contributed by atoms with van der Waals surface area (Å²) in [5.41, 5.74) is 0. The molecule has 0 heterocycles. The maximum Gasteiger partial charge on any atom is 0.138 e. The van der Waals surface area contributed by atoms with Crippen LogP contribution in [0.4, 0.5) is 0 Å². The third kappa shape index (κ3) is 12.1. The molecule has 0 fully saturated rings. The highest BCUT2D eigenvalue weighted by molar-refractivity contribution is 8.14. The van der Waals surface area contributed by atoms with Crippen LogP contribution < -0.4 is 0 Å². The summed E-state index contributed by atoms with van der Waals surface area (Å²) < 4.78 is 2.11. The van der Waals surface area contributed by atoms with E-state index >= 15 is 0 Å². The van der Waals surface area contributed by atoms with Crippen LogP contribution >= 0.6 is 149 Å². The Hall–Kier alpha value is 2.00. The molecule has 0 spiro atoms. The number of thiocarbonyl (C=S) groups is 6. The van der Waals surface area contributed by atoms with Crippen LogP contribution in [0.5, 0.6) is 0 Å². The normalized spacial score (nSPS) is 10.4. The number of hydrogen-bond donors (Lipinski definition) is 6. The van der Waals surface area contributed by atoms with Crippen molar-refractivity contribution in [2.24, 2.45) is 0 Å². The predicted molar refractivity (Wildman–Crippen MR) is 166 cm³/mol. The molecule has 0 aromatic heterocycles. The summed E-state index contributed by atoms with van der Waals surface area (Å²) in [6, 6.07) is 0. The highest BCUT2D eigenvalue weighted by atomic mass is 32.2. The Labute approximate surface area is 231 Å². The van der Waals surface area contributed by atoms with E-state index in [-0.39, 0.29) is 0 Å². The quantitative estimate of drug-likeness (QED) is 0.173. The zero-order chi connectivity index (χ0) is 22.0. The lowest BCUT2D eigenvalue weighted by molar-refractivity contribution is 0.252. The first-order valence-corrected chi connectivity index (χ1v) is 12.4. The van der Waals surface area contributed by atoms with Crippen molar-refractivity contribution >= 4 is 175 Å². The lowest BCUT2D eigenvalue weighted by Crippen LogP contribution is -2.45. The van der Waals surface area contributed by atoms with E-state index in [0.29, 0.717) is 65.2 Å². The maximum atomic E-state index is 5.10. The molecule has 16 heteroatoms. The molecule has 4 nitrogen and oxygen atoms in total. The van der Waals surface area contributed by atoms with Gasteiger partial charge in [0.25, 0.3) is 0 Å². The molecular formula is C12H18N4S12. The Kier molecular flexibility index (Phi) is 16.9. The molecule has 0 aliphatic carbocycles. The molecule has 0 bridgehead atoms. The standard InChI is InChI=1S/C12H18N4S12/c17-7(18)14(8(19)20)4-1-13(2-5-15(9(21)22)10(23)24)3-6-16(11(25)26)12(27)28/h1-6H2,(H,17,18)(H,19,20)(H,21,22)(H,23,24)(H,25,26)(H,27,28). The summed E-state index contributed by atoms with van der Waals surface area (Å²) >= 11 is 55.8. The van der Waals surface area contributed by atoms with Crippen LogP contribution in [-0.2, 0) is 0 Å². The molecule has 0 aliphatic rings. The number of hydrogen-bond acceptors (Lipinski definition) is 7. The zero-order valence-electron chi connectivity index (χ0n) is 14.2. The zero-order valence-corrected chi connectivity index (χ0v) is 24.4. The third-order valence-electron chi connectivity index (χ3n) is 3.30. The first-order chi connectivity index (χ1) is 12.9. The molecule has 158 valence electrons. The van der Waals surface area contributed by atoms with E-state index in [2.05, 4.69) is 80.7 Å². The molecule has 0 aromatic rings. The fraction of sp³-hybridized carbons (Fsp3) is 0.500. The van der Waals surface area contributed by atoms with Gasteiger partial charge in [0.05, 0.1) is 0 Å². The molecule has 0 rings (SSSR count). The van der Waals surface area contributed by atoms with E-state index in [1.54, 1.807) is 14.7 Å². The van der Waals surface area contributed by atoms with E-state index in [1.807, 2.05) is 0 Å². The van der Waals surface area contributed by atoms with Gasteiger partial charge in [0, 0.05) is 39.3 Å². The van der Waals surface area contributed by atoms with E-state index in [1.165, 1.54) is 0 Å². The Morgan fingerprint density at radius 2 is 0.571 bits per heavy atom. The minimum Gasteiger partial charge on any atom is -0.312 e. The topological polar surface area (TPSA) is 13.0 Å². The maximum absolute atomic E-state index is 5.10. The molecule has 28 heavy (non-hydrogen) atoms. The Morgan fingerprint density at radius 1 is 0.393 bits per heavy atom. The Bertz CT molecular complexity index is 511. The molecule has 0 saturated heterocycles. The highest BCUT2D eigenvalue weighted by Gasteiger charge is 2.17. The number of thiol groups is 6. The number of nitrogens with zero attached hydrogens (tertiary/aromatic N) is 4. The van der Waals surface area contributed by atoms with Gasteiger partial charge >= 0.3 is 0 Å². The summed E-state index contributed by atoms with van der Waals surface area (Å²) in [5, 5.41) is 0. The van der Waals surface area contributed by atoms with Gasteiger partial charge in [-0.1, -0.05) is 73.3 Å². The van der Waals surface area contributed by atoms with Crippen LogP contribution in [0.3, 0.4) is 0 Å². The summed E-state index contributed by atoms with van der Waals surface area (Å²) in [6.45, 7) is 3.37. The molecule has 0 N–H and O–H groups in total. The largest absolute Gasteiger partial charge is 0.312 e. The van der Waals surface area contributed by atoms with Crippen LogP contribution in [0.2, 0.25) is 0 Å². The molecule has 0 amide bonds. The van der Waals surface area contributed by atoms with Gasteiger partial charge in [-0.05, 0) is 0 Å². The van der Waals surface area contributed by atoms with Gasteiger partial charge in [0.2, 0.25) is 0 Å². The molecule has 0 atom stereocenters. The fourth-order valence-electron chi connectivity index (χ4n) is 1.88. The summed E-state index contributed by atoms with van der Waals surface area (Å²) in [6.07, 6.45) is 0. The second-order valence-electron chi connectivity index (χ2n) is 4.99. The van der Waals surface area contributed by atoms with Crippen LogP contribution in [0.1, 0.15) is 0 Å². The number of rotatable bonds is 9. The van der Waals surface area contributed by atoms with Crippen LogP contribution in [0.15, 0.2) is 0 Å². The first kappa shape index (κ1) is 30.0. The lowest BCUT2D eigenvalue weighted by Gasteiger charge is -2.31. The van der Waals surface area contributed by atoms with Gasteiger partial charge in [-0.15, -0.1) is 75.8 Å².